The lowest BCUT2D eigenvalue weighted by Crippen LogP contribution is -3.14. The fraction of sp³-hybridized carbons (Fsp3) is 0.684. The molecule has 1 aromatic carbocycles. The summed E-state index contributed by atoms with van der Waals surface area (Å²) in [5.74, 6) is 2.17. The van der Waals surface area contributed by atoms with E-state index in [0.29, 0.717) is 0 Å². The van der Waals surface area contributed by atoms with E-state index < -0.39 is 0 Å². The summed E-state index contributed by atoms with van der Waals surface area (Å²) in [5, 5.41) is 2.79. The molecule has 2 nitrogen and oxygen atoms in total. The molecule has 1 saturated heterocycles. The molecule has 3 fully saturated rings. The first-order valence-electron chi connectivity index (χ1n) is 9.09. The maximum absolute atomic E-state index is 2.79. The van der Waals surface area contributed by atoms with Gasteiger partial charge in [-0.2, -0.15) is 0 Å². The topological polar surface area (TPSA) is 21.1 Å². The van der Waals surface area contributed by atoms with Crippen LogP contribution in [0.1, 0.15) is 44.1 Å². The Morgan fingerprint density at radius 2 is 1.76 bits per heavy atom. The van der Waals surface area contributed by atoms with Crippen molar-refractivity contribution in [1.29, 1.82) is 0 Å². The third-order valence-electron chi connectivity index (χ3n) is 6.35. The Hall–Kier alpha value is -0.860. The molecule has 114 valence electrons. The van der Waals surface area contributed by atoms with E-state index in [4.69, 9.17) is 0 Å². The highest BCUT2D eigenvalue weighted by Gasteiger charge is 2.43. The summed E-state index contributed by atoms with van der Waals surface area (Å²) in [6.45, 7) is 3.97. The summed E-state index contributed by atoms with van der Waals surface area (Å²) in [6.07, 6.45) is 9.01. The largest absolute Gasteiger partial charge is 0.341 e. The van der Waals surface area contributed by atoms with Crippen molar-refractivity contribution in [1.82, 2.24) is 0 Å². The molecule has 4 rings (SSSR count). The zero-order chi connectivity index (χ0) is 14.1. The van der Waals surface area contributed by atoms with Gasteiger partial charge in [0.1, 0.15) is 6.54 Å². The molecule has 3 N–H and O–H groups in total. The summed E-state index contributed by atoms with van der Waals surface area (Å²) < 4.78 is 0. The Morgan fingerprint density at radius 1 is 0.952 bits per heavy atom. The quantitative estimate of drug-likeness (QED) is 0.824. The number of nitrogens with two attached hydrogens (primary N) is 1. The van der Waals surface area contributed by atoms with Gasteiger partial charge in [-0.15, -0.1) is 0 Å². The summed E-state index contributed by atoms with van der Waals surface area (Å²) in [6, 6.07) is 12.9. The number of likely N-dealkylation sites (tertiary alicyclic amines) is 1. The van der Waals surface area contributed by atoms with Crippen LogP contribution in [0, 0.1) is 11.8 Å². The van der Waals surface area contributed by atoms with Gasteiger partial charge in [0.2, 0.25) is 0 Å². The molecule has 21 heavy (non-hydrogen) atoms. The van der Waals surface area contributed by atoms with Crippen LogP contribution in [-0.4, -0.2) is 25.2 Å². The molecular weight excluding hydrogens is 256 g/mol. The first kappa shape index (κ1) is 13.8. The first-order valence-corrected chi connectivity index (χ1v) is 9.09. The molecule has 0 amide bonds. The lowest BCUT2D eigenvalue weighted by Gasteiger charge is -2.31. The van der Waals surface area contributed by atoms with Crippen LogP contribution in [0.15, 0.2) is 30.3 Å². The standard InChI is InChI=1S/C19H28N2/c1-2-4-15(5-3-1)14-21-10-8-18(9-11-21)20-19-13-16-6-7-17(19)12-16/h1-5,16-20H,6-14H2/p+2/t16-,17-,19-/m1/s1. The van der Waals surface area contributed by atoms with Gasteiger partial charge < -0.3 is 10.2 Å². The predicted molar refractivity (Wildman–Crippen MR) is 85.0 cm³/mol. The molecular formula is C19H30N2+2. The molecule has 0 unspecified atom stereocenters. The summed E-state index contributed by atoms with van der Waals surface area (Å²) in [7, 11) is 0. The van der Waals surface area contributed by atoms with Crippen molar-refractivity contribution in [2.24, 2.45) is 11.8 Å². The van der Waals surface area contributed by atoms with Crippen molar-refractivity contribution >= 4 is 0 Å². The van der Waals surface area contributed by atoms with Crippen LogP contribution in [-0.2, 0) is 6.54 Å². The Labute approximate surface area is 128 Å². The monoisotopic (exact) mass is 286 g/mol. The van der Waals surface area contributed by atoms with Crippen LogP contribution < -0.4 is 10.2 Å². The fourth-order valence-electron chi connectivity index (χ4n) is 5.18. The number of fused-ring (bicyclic) bond motifs is 2. The predicted octanol–water partition coefficient (Wildman–Crippen LogP) is 0.986. The zero-order valence-corrected chi connectivity index (χ0v) is 13.1. The Balaban J connectivity index is 1.23. The average molecular weight is 286 g/mol. The number of hydrogen-bond acceptors (Lipinski definition) is 0. The van der Waals surface area contributed by atoms with Crippen molar-refractivity contribution in [2.75, 3.05) is 13.1 Å². The number of piperidine rings is 1. The smallest absolute Gasteiger partial charge is 0.103 e. The van der Waals surface area contributed by atoms with E-state index in [2.05, 4.69) is 35.6 Å². The maximum atomic E-state index is 2.79. The van der Waals surface area contributed by atoms with Gasteiger partial charge in [0.25, 0.3) is 0 Å². The molecule has 2 aliphatic carbocycles. The van der Waals surface area contributed by atoms with E-state index in [1.54, 1.807) is 11.3 Å². The van der Waals surface area contributed by atoms with Crippen molar-refractivity contribution in [3.63, 3.8) is 0 Å². The highest BCUT2D eigenvalue weighted by atomic mass is 15.1. The molecule has 0 aromatic heterocycles. The van der Waals surface area contributed by atoms with E-state index in [1.807, 2.05) is 0 Å². The number of nitrogens with one attached hydrogen (secondary N) is 1. The summed E-state index contributed by atoms with van der Waals surface area (Å²) >= 11 is 0. The van der Waals surface area contributed by atoms with E-state index in [0.717, 1.165) is 23.9 Å². The first-order chi connectivity index (χ1) is 10.4. The normalized spacial score (nSPS) is 38.8. The van der Waals surface area contributed by atoms with Gasteiger partial charge in [-0.1, -0.05) is 30.3 Å². The zero-order valence-electron chi connectivity index (χ0n) is 13.1. The van der Waals surface area contributed by atoms with Gasteiger partial charge in [0.15, 0.2) is 0 Å². The molecule has 2 heteroatoms. The van der Waals surface area contributed by atoms with Gasteiger partial charge in [-0.25, -0.2) is 0 Å². The number of rotatable bonds is 4. The van der Waals surface area contributed by atoms with E-state index >= 15 is 0 Å². The van der Waals surface area contributed by atoms with Crippen molar-refractivity contribution in [3.8, 4) is 0 Å². The SMILES string of the molecule is c1ccc(C[NH+]2CCC([NH2+][C@@H]3C[C@@H]4CC[C@@H]3C4)CC2)cc1. The summed E-state index contributed by atoms with van der Waals surface area (Å²) in [4.78, 5) is 1.79. The van der Waals surface area contributed by atoms with Crippen molar-refractivity contribution in [3.05, 3.63) is 35.9 Å². The van der Waals surface area contributed by atoms with Gasteiger partial charge >= 0.3 is 0 Å². The van der Waals surface area contributed by atoms with Gasteiger partial charge in [-0.05, 0) is 25.2 Å². The Morgan fingerprint density at radius 3 is 2.43 bits per heavy atom. The molecule has 3 atom stereocenters. The van der Waals surface area contributed by atoms with Gasteiger partial charge in [0.05, 0.1) is 25.2 Å². The fourth-order valence-corrected chi connectivity index (χ4v) is 5.18. The van der Waals surface area contributed by atoms with Crippen LogP contribution in [0.3, 0.4) is 0 Å². The molecule has 0 radical (unpaired) electrons. The minimum Gasteiger partial charge on any atom is -0.341 e. The molecule has 2 bridgehead atoms. The van der Waals surface area contributed by atoms with Crippen molar-refractivity contribution in [2.45, 2.75) is 57.2 Å². The third kappa shape index (κ3) is 3.17. The van der Waals surface area contributed by atoms with Crippen LogP contribution in [0.5, 0.6) is 0 Å². The second-order valence-electron chi connectivity index (χ2n) is 7.78. The number of hydrogen-bond donors (Lipinski definition) is 2. The minimum absolute atomic E-state index is 0.925. The lowest BCUT2D eigenvalue weighted by molar-refractivity contribution is -0.927. The van der Waals surface area contributed by atoms with Crippen LogP contribution in [0.4, 0.5) is 0 Å². The molecule has 1 aromatic rings. The van der Waals surface area contributed by atoms with Crippen molar-refractivity contribution < 1.29 is 10.2 Å². The molecule has 2 saturated carbocycles. The highest BCUT2D eigenvalue weighted by molar-refractivity contribution is 5.13. The summed E-state index contributed by atoms with van der Waals surface area (Å²) in [5.41, 5.74) is 1.50. The number of benzene rings is 1. The van der Waals surface area contributed by atoms with Crippen LogP contribution in [0.25, 0.3) is 0 Å². The Kier molecular flexibility index (Phi) is 4.00. The third-order valence-corrected chi connectivity index (χ3v) is 6.35. The molecule has 0 spiro atoms. The number of quaternary nitrogens is 2. The minimum atomic E-state index is 0.925. The van der Waals surface area contributed by atoms with Gasteiger partial charge in [-0.3, -0.25) is 0 Å². The van der Waals surface area contributed by atoms with Crippen LogP contribution >= 0.6 is 0 Å². The maximum Gasteiger partial charge on any atom is 0.103 e. The lowest BCUT2D eigenvalue weighted by atomic mass is 9.93. The average Bonchev–Trinajstić information content (AvgIpc) is 3.13. The molecule has 1 heterocycles. The van der Waals surface area contributed by atoms with Crippen LogP contribution in [0.2, 0.25) is 0 Å². The second kappa shape index (κ2) is 6.10. The van der Waals surface area contributed by atoms with Gasteiger partial charge in [0, 0.05) is 30.7 Å². The Bertz CT molecular complexity index is 450. The molecule has 3 aliphatic rings. The van der Waals surface area contributed by atoms with E-state index in [9.17, 15) is 0 Å². The molecule has 1 aliphatic heterocycles. The van der Waals surface area contributed by atoms with E-state index in [-0.39, 0.29) is 0 Å². The second-order valence-corrected chi connectivity index (χ2v) is 7.78. The highest BCUT2D eigenvalue weighted by Crippen LogP contribution is 2.43. The van der Waals surface area contributed by atoms with E-state index in [1.165, 1.54) is 57.3 Å².